The third-order valence-electron chi connectivity index (χ3n) is 2.45. The van der Waals surface area contributed by atoms with Gasteiger partial charge in [0.1, 0.15) is 5.88 Å². The number of nitrogens with zero attached hydrogens (tertiary/aromatic N) is 2. The minimum absolute atomic E-state index is 0.154. The van der Waals surface area contributed by atoms with E-state index >= 15 is 0 Å². The van der Waals surface area contributed by atoms with Gasteiger partial charge < -0.3 is 9.39 Å². The molecule has 7 heteroatoms. The van der Waals surface area contributed by atoms with Gasteiger partial charge in [0.25, 0.3) is 0 Å². The van der Waals surface area contributed by atoms with E-state index in [0.29, 0.717) is 26.2 Å². The lowest BCUT2D eigenvalue weighted by Gasteiger charge is -2.33. The number of hydroxylamine groups is 2. The fourth-order valence-corrected chi connectivity index (χ4v) is 1.93. The van der Waals surface area contributed by atoms with Crippen LogP contribution in [0.1, 0.15) is 20.8 Å². The second-order valence-electron chi connectivity index (χ2n) is 5.13. The van der Waals surface area contributed by atoms with E-state index in [2.05, 4.69) is 0 Å². The third kappa shape index (κ3) is 5.12. The molecule has 0 aromatic heterocycles. The van der Waals surface area contributed by atoms with Crippen molar-refractivity contribution in [1.82, 2.24) is 9.96 Å². The highest BCUT2D eigenvalue weighted by molar-refractivity contribution is 7.79. The van der Waals surface area contributed by atoms with Crippen molar-refractivity contribution in [3.05, 3.63) is 0 Å². The number of hydrogen-bond donors (Lipinski definition) is 1. The summed E-state index contributed by atoms with van der Waals surface area (Å²) in [4.78, 5) is 18.7. The molecule has 17 heavy (non-hydrogen) atoms. The Morgan fingerprint density at radius 2 is 1.82 bits per heavy atom. The number of carbonyl (C=O) groups excluding carboxylic acids is 1. The lowest BCUT2D eigenvalue weighted by molar-refractivity contribution is -0.206. The first-order valence-corrected chi connectivity index (χ1v) is 6.84. The van der Waals surface area contributed by atoms with Crippen molar-refractivity contribution in [1.29, 1.82) is 0 Å². The molecular weight excluding hydrogens is 244 g/mol. The van der Waals surface area contributed by atoms with E-state index in [1.165, 1.54) is 0 Å². The molecule has 0 amide bonds. The Hall–Kier alpha value is -0.500. The molecule has 0 aromatic rings. The Labute approximate surface area is 104 Å². The van der Waals surface area contributed by atoms with Gasteiger partial charge in [-0.05, 0) is 20.8 Å². The van der Waals surface area contributed by atoms with E-state index in [4.69, 9.17) is 9.39 Å². The van der Waals surface area contributed by atoms with Gasteiger partial charge in [0.15, 0.2) is 11.1 Å². The maximum atomic E-state index is 11.6. The van der Waals surface area contributed by atoms with E-state index in [-0.39, 0.29) is 11.8 Å². The molecule has 100 valence electrons. The van der Waals surface area contributed by atoms with Crippen LogP contribution in [0.5, 0.6) is 0 Å². The molecule has 1 atom stereocenters. The van der Waals surface area contributed by atoms with Gasteiger partial charge in [-0.1, -0.05) is 0 Å². The molecular formula is C10H20N2O4S. The molecule has 1 rings (SSSR count). The van der Waals surface area contributed by atoms with E-state index in [9.17, 15) is 9.00 Å². The zero-order valence-electron chi connectivity index (χ0n) is 10.5. The first-order chi connectivity index (χ1) is 7.79. The first-order valence-electron chi connectivity index (χ1n) is 5.56. The van der Waals surface area contributed by atoms with Crippen LogP contribution < -0.4 is 0 Å². The van der Waals surface area contributed by atoms with Crippen molar-refractivity contribution in [3.8, 4) is 0 Å². The molecule has 0 aliphatic carbocycles. The van der Waals surface area contributed by atoms with Crippen LogP contribution in [0.2, 0.25) is 0 Å². The lowest BCUT2D eigenvalue weighted by atomic mass is 9.98. The van der Waals surface area contributed by atoms with Crippen molar-refractivity contribution in [2.75, 3.05) is 32.1 Å². The molecule has 1 N–H and O–H groups in total. The number of rotatable bonds is 3. The van der Waals surface area contributed by atoms with Gasteiger partial charge in [0.05, 0.1) is 5.41 Å². The van der Waals surface area contributed by atoms with Crippen molar-refractivity contribution in [3.63, 3.8) is 0 Å². The minimum Gasteiger partial charge on any atom is -0.367 e. The van der Waals surface area contributed by atoms with Gasteiger partial charge in [0.2, 0.25) is 0 Å². The van der Waals surface area contributed by atoms with Gasteiger partial charge in [-0.25, -0.2) is 9.00 Å². The first kappa shape index (κ1) is 14.6. The summed E-state index contributed by atoms with van der Waals surface area (Å²) < 4.78 is 19.4. The second-order valence-corrected chi connectivity index (χ2v) is 6.03. The standard InChI is InChI=1S/C10H20N2O4S/c1-10(2,3)9(13)16-12-6-4-11(5-7-12)8-17(14)15/h4-8H2,1-3H3,(H,14,15). The minimum atomic E-state index is -1.80. The van der Waals surface area contributed by atoms with E-state index in [1.807, 2.05) is 4.90 Å². The number of hydrogen-bond acceptors (Lipinski definition) is 5. The summed E-state index contributed by atoms with van der Waals surface area (Å²) in [5.41, 5.74) is -0.510. The van der Waals surface area contributed by atoms with Crippen LogP contribution in [0.3, 0.4) is 0 Å². The monoisotopic (exact) mass is 264 g/mol. The molecule has 1 saturated heterocycles. The number of carbonyl (C=O) groups is 1. The van der Waals surface area contributed by atoms with Gasteiger partial charge in [-0.3, -0.25) is 4.90 Å². The molecule has 0 radical (unpaired) electrons. The van der Waals surface area contributed by atoms with E-state index in [0.717, 1.165) is 0 Å². The maximum absolute atomic E-state index is 11.6. The summed E-state index contributed by atoms with van der Waals surface area (Å²) in [5, 5.41) is 1.62. The molecule has 6 nitrogen and oxygen atoms in total. The molecule has 1 aliphatic heterocycles. The molecule has 1 heterocycles. The predicted octanol–water partition coefficient (Wildman–Crippen LogP) is 0.288. The van der Waals surface area contributed by atoms with Crippen LogP contribution in [0.15, 0.2) is 0 Å². The highest BCUT2D eigenvalue weighted by Gasteiger charge is 2.27. The highest BCUT2D eigenvalue weighted by atomic mass is 32.2. The lowest BCUT2D eigenvalue weighted by Crippen LogP contribution is -2.48. The average Bonchev–Trinajstić information content (AvgIpc) is 2.18. The molecule has 1 unspecified atom stereocenters. The van der Waals surface area contributed by atoms with Crippen molar-refractivity contribution in [2.45, 2.75) is 20.8 Å². The Morgan fingerprint density at radius 1 is 1.29 bits per heavy atom. The van der Waals surface area contributed by atoms with Gasteiger partial charge in [-0.2, -0.15) is 0 Å². The molecule has 1 aliphatic rings. The molecule has 0 bridgehead atoms. The highest BCUT2D eigenvalue weighted by Crippen LogP contribution is 2.16. The molecule has 0 spiro atoms. The summed E-state index contributed by atoms with van der Waals surface area (Å²) in [6.45, 7) is 7.81. The average molecular weight is 264 g/mol. The van der Waals surface area contributed by atoms with Crippen LogP contribution in [0, 0.1) is 5.41 Å². The zero-order valence-corrected chi connectivity index (χ0v) is 11.3. The molecule has 0 saturated carbocycles. The topological polar surface area (TPSA) is 70.1 Å². The van der Waals surface area contributed by atoms with Crippen LogP contribution in [0.4, 0.5) is 0 Å². The van der Waals surface area contributed by atoms with Crippen LogP contribution in [-0.4, -0.2) is 56.7 Å². The van der Waals surface area contributed by atoms with Crippen LogP contribution >= 0.6 is 0 Å². The summed E-state index contributed by atoms with van der Waals surface area (Å²) in [5.74, 6) is -0.0992. The summed E-state index contributed by atoms with van der Waals surface area (Å²) in [6, 6.07) is 0. The number of piperazine rings is 1. The van der Waals surface area contributed by atoms with Crippen molar-refractivity contribution >= 4 is 17.0 Å². The maximum Gasteiger partial charge on any atom is 0.330 e. The predicted molar refractivity (Wildman–Crippen MR) is 64.3 cm³/mol. The summed E-state index contributed by atoms with van der Waals surface area (Å²) >= 11 is -1.80. The fraction of sp³-hybridized carbons (Fsp3) is 0.900. The largest absolute Gasteiger partial charge is 0.367 e. The zero-order chi connectivity index (χ0) is 13.1. The SMILES string of the molecule is CC(C)(C)C(=O)ON1CCN(CS(=O)O)CC1. The van der Waals surface area contributed by atoms with Gasteiger partial charge in [-0.15, -0.1) is 5.06 Å². The Bertz CT molecular complexity index is 295. The van der Waals surface area contributed by atoms with Gasteiger partial charge in [0, 0.05) is 26.2 Å². The summed E-state index contributed by atoms with van der Waals surface area (Å²) in [6.07, 6.45) is 0. The van der Waals surface area contributed by atoms with Crippen molar-refractivity contribution in [2.24, 2.45) is 5.41 Å². The van der Waals surface area contributed by atoms with E-state index in [1.54, 1.807) is 25.8 Å². The molecule has 0 aromatic carbocycles. The smallest absolute Gasteiger partial charge is 0.330 e. The fourth-order valence-electron chi connectivity index (χ4n) is 1.36. The Morgan fingerprint density at radius 3 is 2.24 bits per heavy atom. The van der Waals surface area contributed by atoms with E-state index < -0.39 is 16.5 Å². The second kappa shape index (κ2) is 5.90. The normalized spacial score (nSPS) is 21.2. The summed E-state index contributed by atoms with van der Waals surface area (Å²) in [7, 11) is 0. The van der Waals surface area contributed by atoms with Crippen LogP contribution in [-0.2, 0) is 20.7 Å². The quantitative estimate of drug-likeness (QED) is 0.739. The third-order valence-corrected chi connectivity index (χ3v) is 3.03. The Balaban J connectivity index is 2.33. The van der Waals surface area contributed by atoms with Crippen molar-refractivity contribution < 1.29 is 18.4 Å². The van der Waals surface area contributed by atoms with Gasteiger partial charge >= 0.3 is 5.97 Å². The van der Waals surface area contributed by atoms with Crippen LogP contribution in [0.25, 0.3) is 0 Å². The molecule has 1 fully saturated rings. The Kier molecular flexibility index (Phi) is 5.05.